The fraction of sp³-hybridized carbons (Fsp3) is 0.659. The second kappa shape index (κ2) is 10.6. The highest BCUT2D eigenvalue weighted by atomic mass is 16.7. The van der Waals surface area contributed by atoms with Crippen LogP contribution in [0.15, 0.2) is 45.1 Å². The van der Waals surface area contributed by atoms with Crippen LogP contribution in [-0.4, -0.2) is 94.9 Å². The minimum Gasteiger partial charge on any atom is -0.461 e. The van der Waals surface area contributed by atoms with Crippen molar-refractivity contribution in [1.82, 2.24) is 0 Å². The highest BCUT2D eigenvalue weighted by Gasteiger charge is 2.88. The first-order chi connectivity index (χ1) is 26.0. The number of cyclic esters (lactones) is 3. The van der Waals surface area contributed by atoms with Crippen molar-refractivity contribution in [2.45, 2.75) is 95.7 Å². The Balaban J connectivity index is 1.22. The minimum atomic E-state index is -2.15. The molecule has 292 valence electrons. The van der Waals surface area contributed by atoms with Gasteiger partial charge in [-0.3, -0.25) is 14.4 Å². The summed E-state index contributed by atoms with van der Waals surface area (Å²) >= 11 is 0. The molecule has 0 aromatic rings. The van der Waals surface area contributed by atoms with Gasteiger partial charge in [0.05, 0.1) is 29.4 Å². The third kappa shape index (κ3) is 3.91. The summed E-state index contributed by atoms with van der Waals surface area (Å²) in [5, 5.41) is 26.0. The third-order valence-corrected chi connectivity index (χ3v) is 15.7. The van der Waals surface area contributed by atoms with Crippen LogP contribution < -0.4 is 0 Å². The van der Waals surface area contributed by atoms with E-state index in [-0.39, 0.29) is 91.5 Å². The number of rotatable bonds is 2. The summed E-state index contributed by atoms with van der Waals surface area (Å²) in [5.74, 6) is -8.64. The molecule has 3 aliphatic heterocycles. The molecule has 0 aromatic carbocycles. The summed E-state index contributed by atoms with van der Waals surface area (Å²) in [6.45, 7) is 7.50. The molecule has 10 rings (SSSR count). The Morgan fingerprint density at radius 1 is 0.818 bits per heavy atom. The Bertz CT molecular complexity index is 2110. The lowest BCUT2D eigenvalue weighted by Crippen LogP contribution is -2.68. The van der Waals surface area contributed by atoms with E-state index in [1.54, 1.807) is 20.8 Å². The highest BCUT2D eigenvalue weighted by Crippen LogP contribution is 2.84. The summed E-state index contributed by atoms with van der Waals surface area (Å²) in [7, 11) is 0. The number of carbonyl (C=O) groups is 6. The molecule has 0 unspecified atom stereocenters. The van der Waals surface area contributed by atoms with Gasteiger partial charge in [-0.05, 0) is 99.7 Å². The molecular weight excluding hydrogens is 716 g/mol. The lowest BCUT2D eigenvalue weighted by molar-refractivity contribution is -0.214. The van der Waals surface area contributed by atoms with Gasteiger partial charge in [0.2, 0.25) is 5.78 Å². The van der Waals surface area contributed by atoms with Crippen molar-refractivity contribution >= 4 is 35.6 Å². The average Bonchev–Trinajstić information content (AvgIpc) is 4.05. The third-order valence-electron chi connectivity index (χ3n) is 15.7. The molecule has 0 amide bonds. The predicted molar refractivity (Wildman–Crippen MR) is 182 cm³/mol. The summed E-state index contributed by atoms with van der Waals surface area (Å²) < 4.78 is 35.6. The Kier molecular flexibility index (Phi) is 6.81. The second-order valence-corrected chi connectivity index (χ2v) is 17.8. The van der Waals surface area contributed by atoms with Crippen molar-refractivity contribution in [1.29, 1.82) is 0 Å². The Labute approximate surface area is 316 Å². The maximum Gasteiger partial charge on any atom is 0.338 e. The van der Waals surface area contributed by atoms with Gasteiger partial charge in [0.1, 0.15) is 25.4 Å². The van der Waals surface area contributed by atoms with Gasteiger partial charge in [0.15, 0.2) is 5.60 Å². The molecule has 55 heavy (non-hydrogen) atoms. The number of esters is 5. The van der Waals surface area contributed by atoms with E-state index in [1.165, 1.54) is 13.0 Å². The highest BCUT2D eigenvalue weighted by molar-refractivity contribution is 6.10. The van der Waals surface area contributed by atoms with Crippen LogP contribution in [0.25, 0.3) is 0 Å². The van der Waals surface area contributed by atoms with Gasteiger partial charge in [0, 0.05) is 40.7 Å². The van der Waals surface area contributed by atoms with E-state index in [9.17, 15) is 34.2 Å². The zero-order valence-corrected chi connectivity index (χ0v) is 31.4. The van der Waals surface area contributed by atoms with Gasteiger partial charge < -0.3 is 38.6 Å². The molecule has 2 bridgehead atoms. The Morgan fingerprint density at radius 3 is 2.25 bits per heavy atom. The monoisotopic (exact) mass is 760 g/mol. The molecular formula is C41H44O14. The first-order valence-corrected chi connectivity index (χ1v) is 19.4. The van der Waals surface area contributed by atoms with Gasteiger partial charge in [0.25, 0.3) is 0 Å². The van der Waals surface area contributed by atoms with E-state index in [2.05, 4.69) is 6.92 Å². The number of aliphatic hydroxyl groups is 2. The number of hydrogen-bond donors (Lipinski definition) is 2. The first kappa shape index (κ1) is 35.3. The van der Waals surface area contributed by atoms with Gasteiger partial charge >= 0.3 is 35.6 Å². The smallest absolute Gasteiger partial charge is 0.338 e. The molecule has 0 radical (unpaired) electrons. The number of hydrogen-bond acceptors (Lipinski definition) is 14. The normalized spacial score (nSPS) is 48.9. The van der Waals surface area contributed by atoms with Crippen LogP contribution in [0.4, 0.5) is 0 Å². The van der Waals surface area contributed by atoms with E-state index < -0.39 is 87.5 Å². The molecule has 0 aromatic heterocycles. The number of carbonyl (C=O) groups excluding carboxylic acids is 6. The van der Waals surface area contributed by atoms with Crippen molar-refractivity contribution in [3.8, 4) is 0 Å². The van der Waals surface area contributed by atoms with Crippen LogP contribution in [0.1, 0.15) is 73.1 Å². The Hall–Kier alpha value is -4.14. The van der Waals surface area contributed by atoms with E-state index in [0.717, 1.165) is 0 Å². The van der Waals surface area contributed by atoms with Crippen molar-refractivity contribution in [2.75, 3.05) is 26.4 Å². The van der Waals surface area contributed by atoms with Gasteiger partial charge in [-0.2, -0.15) is 0 Å². The quantitative estimate of drug-likeness (QED) is 0.307. The van der Waals surface area contributed by atoms with Gasteiger partial charge in [-0.15, -0.1) is 0 Å². The number of fused-ring (bicyclic) bond motifs is 9. The first-order valence-electron chi connectivity index (χ1n) is 19.4. The molecule has 14 heteroatoms. The fourth-order valence-electron chi connectivity index (χ4n) is 13.3. The topological polar surface area (TPSA) is 198 Å². The maximum absolute atomic E-state index is 15.0. The second-order valence-electron chi connectivity index (χ2n) is 17.8. The zero-order chi connectivity index (χ0) is 39.0. The molecule has 12 atom stereocenters. The number of Topliss-reactive ketones (excluding diaryl/α,β-unsaturated/α-hetero) is 1. The zero-order valence-electron chi connectivity index (χ0n) is 31.4. The number of ether oxygens (including phenoxy) is 6. The number of ketones is 1. The van der Waals surface area contributed by atoms with E-state index >= 15 is 4.79 Å². The predicted octanol–water partition coefficient (Wildman–Crippen LogP) is 2.25. The van der Waals surface area contributed by atoms with Crippen LogP contribution in [0.3, 0.4) is 0 Å². The molecule has 3 heterocycles. The van der Waals surface area contributed by atoms with Crippen LogP contribution in [-0.2, 0) is 57.2 Å². The van der Waals surface area contributed by atoms with Crippen LogP contribution in [0.5, 0.6) is 0 Å². The molecule has 5 fully saturated rings. The average molecular weight is 761 g/mol. The minimum absolute atomic E-state index is 0.00444. The molecule has 0 saturated heterocycles. The summed E-state index contributed by atoms with van der Waals surface area (Å²) in [6, 6.07) is 0. The fourth-order valence-corrected chi connectivity index (χ4v) is 13.3. The molecule has 10 aliphatic rings. The summed E-state index contributed by atoms with van der Waals surface area (Å²) in [4.78, 5) is 81.9. The molecule has 5 saturated carbocycles. The summed E-state index contributed by atoms with van der Waals surface area (Å²) in [6.07, 6.45) is 2.06. The molecule has 2 N–H and O–H groups in total. The molecule has 14 nitrogen and oxygen atoms in total. The van der Waals surface area contributed by atoms with Crippen molar-refractivity contribution in [2.24, 2.45) is 46.3 Å². The van der Waals surface area contributed by atoms with Crippen molar-refractivity contribution in [3.63, 3.8) is 0 Å². The lowest BCUT2D eigenvalue weighted by Gasteiger charge is -2.63. The SMILES string of the molecule is CCO[C@]12OC(=O)C(C)=C1C1=C3[C@@](C)(C2=O)[C@@H]2C[C@@H]2[C@@]3(O)C[C@@H]2[C@]13OC(=O)C1=C3C[C@H]3[C@](O)(COC(=O)/C(C)=C/COC(=O)CCC(=O)OC1)[C@H]1C[C@H]1[C@]23C. The van der Waals surface area contributed by atoms with Gasteiger partial charge in [-0.25, -0.2) is 14.4 Å². The van der Waals surface area contributed by atoms with E-state index in [1.807, 2.05) is 0 Å². The Morgan fingerprint density at radius 2 is 1.53 bits per heavy atom. The van der Waals surface area contributed by atoms with Crippen molar-refractivity contribution in [3.05, 3.63) is 45.1 Å². The lowest BCUT2D eigenvalue weighted by atomic mass is 9.42. The van der Waals surface area contributed by atoms with Crippen molar-refractivity contribution < 1.29 is 67.4 Å². The van der Waals surface area contributed by atoms with E-state index in [4.69, 9.17) is 28.4 Å². The van der Waals surface area contributed by atoms with Crippen LogP contribution >= 0.6 is 0 Å². The standard InChI is InChI=1S/C41H44O14/c1-6-53-41-29(18(3)33(45)55-41)30-31-37(5,35(41)47)22-12-23(22)38(31,48)14-26-36(4)21-11-24(21)39(49)16-52-32(44)17(2)9-10-50-27(42)7-8-28(43)51-15-19-20(13-25(36)39)40(26,30)54-34(19)46/h9,21-26,48-49H,6-8,10-16H2,1-5H3/b17-9+/t21-,22-,23+,24+,25-,26+,36+,37+,38+,39+,40+,41+/m1/s1. The van der Waals surface area contributed by atoms with Crippen LogP contribution in [0.2, 0.25) is 0 Å². The molecule has 1 spiro atoms. The largest absolute Gasteiger partial charge is 0.461 e. The summed E-state index contributed by atoms with van der Waals surface area (Å²) in [5.41, 5.74) is -5.30. The maximum atomic E-state index is 15.0. The van der Waals surface area contributed by atoms with Crippen LogP contribution in [0, 0.1) is 46.3 Å². The molecule has 7 aliphatic carbocycles. The van der Waals surface area contributed by atoms with E-state index in [0.29, 0.717) is 29.6 Å². The van der Waals surface area contributed by atoms with Gasteiger partial charge in [-0.1, -0.05) is 6.92 Å².